The molecule has 32 heavy (non-hydrogen) atoms. The van der Waals surface area contributed by atoms with E-state index in [1.54, 1.807) is 60.4 Å². The molecule has 0 aliphatic rings. The van der Waals surface area contributed by atoms with Crippen LogP contribution in [0.3, 0.4) is 0 Å². The Balaban J connectivity index is 1.34. The van der Waals surface area contributed by atoms with Crippen LogP contribution in [0.25, 0.3) is 16.7 Å². The molecule has 3 heterocycles. The molecule has 5 rings (SSSR count). The van der Waals surface area contributed by atoms with Crippen molar-refractivity contribution in [2.24, 2.45) is 7.05 Å². The van der Waals surface area contributed by atoms with Gasteiger partial charge in [0.2, 0.25) is 15.6 Å². The van der Waals surface area contributed by atoms with Crippen LogP contribution in [-0.4, -0.2) is 38.5 Å². The summed E-state index contributed by atoms with van der Waals surface area (Å²) in [6.07, 6.45) is 6.43. The van der Waals surface area contributed by atoms with Gasteiger partial charge in [0.25, 0.3) is 5.91 Å². The average Bonchev–Trinajstić information content (AvgIpc) is 3.40. The van der Waals surface area contributed by atoms with E-state index >= 15 is 0 Å². The summed E-state index contributed by atoms with van der Waals surface area (Å²) in [6, 6.07) is 13.6. The molecule has 0 aliphatic heterocycles. The molecule has 1 N–H and O–H groups in total. The number of nitrogens with zero attached hydrogens (tertiary/aromatic N) is 5. The minimum atomic E-state index is -3.76. The van der Waals surface area contributed by atoms with Crippen molar-refractivity contribution in [1.29, 1.82) is 0 Å². The van der Waals surface area contributed by atoms with Crippen LogP contribution in [0.5, 0.6) is 0 Å². The van der Waals surface area contributed by atoms with E-state index < -0.39 is 9.84 Å². The van der Waals surface area contributed by atoms with Crippen molar-refractivity contribution < 1.29 is 13.2 Å². The smallest absolute Gasteiger partial charge is 0.254 e. The number of amides is 1. The van der Waals surface area contributed by atoms with Gasteiger partial charge in [0.05, 0.1) is 16.0 Å². The zero-order chi connectivity index (χ0) is 22.3. The first kappa shape index (κ1) is 19.9. The van der Waals surface area contributed by atoms with Crippen molar-refractivity contribution in [3.63, 3.8) is 0 Å². The van der Waals surface area contributed by atoms with Crippen molar-refractivity contribution in [1.82, 2.24) is 29.5 Å². The predicted octanol–water partition coefficient (Wildman–Crippen LogP) is 2.38. The highest BCUT2D eigenvalue weighted by Crippen LogP contribution is 2.28. The number of hydrogen-bond donors (Lipinski definition) is 1. The van der Waals surface area contributed by atoms with E-state index in [0.717, 1.165) is 5.56 Å². The molecule has 0 fully saturated rings. The topological polar surface area (TPSA) is 111 Å². The summed E-state index contributed by atoms with van der Waals surface area (Å²) < 4.78 is 29.5. The largest absolute Gasteiger partial charge is 0.348 e. The summed E-state index contributed by atoms with van der Waals surface area (Å²) in [5.74, 6) is 0.228. The summed E-state index contributed by atoms with van der Waals surface area (Å²) in [5, 5.41) is 7.84. The molecule has 9 nitrogen and oxygen atoms in total. The molecule has 10 heteroatoms. The predicted molar refractivity (Wildman–Crippen MR) is 117 cm³/mol. The Morgan fingerprint density at radius 1 is 1.06 bits per heavy atom. The van der Waals surface area contributed by atoms with Crippen molar-refractivity contribution in [3.8, 4) is 0 Å². The third-order valence-corrected chi connectivity index (χ3v) is 7.02. The number of hydrogen-bond acceptors (Lipinski definition) is 6. The lowest BCUT2D eigenvalue weighted by atomic mass is 10.2. The molecule has 0 aliphatic carbocycles. The number of imidazole rings is 1. The van der Waals surface area contributed by atoms with Gasteiger partial charge in [-0.1, -0.05) is 24.3 Å². The highest BCUT2D eigenvalue weighted by molar-refractivity contribution is 7.91. The van der Waals surface area contributed by atoms with Crippen molar-refractivity contribution in [2.75, 3.05) is 0 Å². The van der Waals surface area contributed by atoms with E-state index in [2.05, 4.69) is 20.4 Å². The van der Waals surface area contributed by atoms with Crippen LogP contribution in [-0.2, 0) is 23.4 Å². The molecule has 0 radical (unpaired) electrons. The number of carbonyl (C=O) groups excluding carboxylic acids is 1. The molecule has 5 aromatic rings. The lowest BCUT2D eigenvalue weighted by molar-refractivity contribution is 0.0950. The van der Waals surface area contributed by atoms with E-state index in [0.29, 0.717) is 22.2 Å². The van der Waals surface area contributed by atoms with E-state index in [1.165, 1.54) is 23.0 Å². The molecule has 0 unspecified atom stereocenters. The van der Waals surface area contributed by atoms with E-state index in [4.69, 9.17) is 0 Å². The van der Waals surface area contributed by atoms with Gasteiger partial charge in [-0.25, -0.2) is 18.4 Å². The first-order valence-electron chi connectivity index (χ1n) is 9.76. The molecule has 3 aromatic heterocycles. The Hall–Kier alpha value is -4.05. The summed E-state index contributed by atoms with van der Waals surface area (Å²) in [6.45, 7) is 0.246. The Morgan fingerprint density at radius 3 is 2.66 bits per heavy atom. The van der Waals surface area contributed by atoms with Crippen LogP contribution < -0.4 is 5.32 Å². The number of benzene rings is 2. The summed E-state index contributed by atoms with van der Waals surface area (Å²) in [4.78, 5) is 20.8. The van der Waals surface area contributed by atoms with Crippen LogP contribution in [0.1, 0.15) is 15.9 Å². The molecule has 0 saturated carbocycles. The molecule has 0 spiro atoms. The molecule has 0 bridgehead atoms. The maximum atomic E-state index is 13.2. The number of nitrogens with one attached hydrogen (secondary N) is 1. The molecule has 160 valence electrons. The number of aromatic nitrogens is 5. The maximum Gasteiger partial charge on any atom is 0.254 e. The Labute approximate surface area is 183 Å². The van der Waals surface area contributed by atoms with Gasteiger partial charge in [0.15, 0.2) is 5.03 Å². The van der Waals surface area contributed by atoms with E-state index in [9.17, 15) is 13.2 Å². The van der Waals surface area contributed by atoms with Gasteiger partial charge in [-0.3, -0.25) is 13.9 Å². The number of aryl methyl sites for hydroxylation is 1. The second-order valence-corrected chi connectivity index (χ2v) is 9.12. The third-order valence-electron chi connectivity index (χ3n) is 5.14. The van der Waals surface area contributed by atoms with Crippen LogP contribution in [0, 0.1) is 0 Å². The fourth-order valence-corrected chi connectivity index (χ4v) is 5.13. The van der Waals surface area contributed by atoms with E-state index in [1.807, 2.05) is 6.07 Å². The molecule has 0 saturated heterocycles. The molecular formula is C22H18N6O3S. The lowest BCUT2D eigenvalue weighted by Crippen LogP contribution is -2.23. The monoisotopic (exact) mass is 446 g/mol. The summed E-state index contributed by atoms with van der Waals surface area (Å²) in [7, 11) is -2.15. The van der Waals surface area contributed by atoms with Gasteiger partial charge in [0, 0.05) is 43.8 Å². The van der Waals surface area contributed by atoms with Crippen LogP contribution in [0.4, 0.5) is 0 Å². The number of carbonyl (C=O) groups is 1. The van der Waals surface area contributed by atoms with Gasteiger partial charge in [-0.05, 0) is 29.8 Å². The molecule has 0 atom stereocenters. The zero-order valence-electron chi connectivity index (χ0n) is 17.0. The molecule has 1 amide bonds. The SMILES string of the molecule is Cn1nc2ccccc2c1S(=O)(=O)c1ccc(CNC(=O)c2cnc3nccn3c2)cc1. The van der Waals surface area contributed by atoms with Gasteiger partial charge in [-0.2, -0.15) is 5.10 Å². The Morgan fingerprint density at radius 2 is 1.84 bits per heavy atom. The summed E-state index contributed by atoms with van der Waals surface area (Å²) >= 11 is 0. The third kappa shape index (κ3) is 3.40. The molecule has 2 aromatic carbocycles. The first-order chi connectivity index (χ1) is 15.4. The first-order valence-corrected chi connectivity index (χ1v) is 11.2. The quantitative estimate of drug-likeness (QED) is 0.444. The van der Waals surface area contributed by atoms with Crippen molar-refractivity contribution >= 4 is 32.4 Å². The maximum absolute atomic E-state index is 13.2. The van der Waals surface area contributed by atoms with Gasteiger partial charge < -0.3 is 5.32 Å². The second kappa shape index (κ2) is 7.57. The number of sulfone groups is 1. The standard InChI is InChI=1S/C22H18N6O3S/c1-27-21(18-4-2-3-5-19(18)26-27)32(30,31)17-8-6-15(7-9-17)12-24-20(29)16-13-25-22-23-10-11-28(22)14-16/h2-11,13-14H,12H2,1H3,(H,24,29). The van der Waals surface area contributed by atoms with E-state index in [-0.39, 0.29) is 22.4 Å². The number of rotatable bonds is 5. The van der Waals surface area contributed by atoms with Crippen LogP contribution >= 0.6 is 0 Å². The van der Waals surface area contributed by atoms with Crippen LogP contribution in [0.15, 0.2) is 83.2 Å². The highest BCUT2D eigenvalue weighted by Gasteiger charge is 2.25. The van der Waals surface area contributed by atoms with Crippen molar-refractivity contribution in [3.05, 3.63) is 84.4 Å². The fourth-order valence-electron chi connectivity index (χ4n) is 3.56. The zero-order valence-corrected chi connectivity index (χ0v) is 17.8. The summed E-state index contributed by atoms with van der Waals surface area (Å²) in [5.41, 5.74) is 1.79. The fraction of sp³-hybridized carbons (Fsp3) is 0.0909. The Bertz CT molecular complexity index is 1570. The lowest BCUT2D eigenvalue weighted by Gasteiger charge is -2.08. The highest BCUT2D eigenvalue weighted by atomic mass is 32.2. The average molecular weight is 446 g/mol. The Kier molecular flexibility index (Phi) is 4.71. The normalized spacial score (nSPS) is 11.8. The molecular weight excluding hydrogens is 428 g/mol. The van der Waals surface area contributed by atoms with Gasteiger partial charge in [-0.15, -0.1) is 0 Å². The second-order valence-electron chi connectivity index (χ2n) is 7.25. The van der Waals surface area contributed by atoms with Crippen LogP contribution in [0.2, 0.25) is 0 Å². The van der Waals surface area contributed by atoms with Gasteiger partial charge in [0.1, 0.15) is 0 Å². The minimum absolute atomic E-state index is 0.150. The number of fused-ring (bicyclic) bond motifs is 2. The van der Waals surface area contributed by atoms with Gasteiger partial charge >= 0.3 is 0 Å². The minimum Gasteiger partial charge on any atom is -0.348 e. The van der Waals surface area contributed by atoms with Crippen molar-refractivity contribution in [2.45, 2.75) is 16.5 Å².